The molecule has 0 aliphatic carbocycles. The molecule has 1 aromatic carbocycles. The summed E-state index contributed by atoms with van der Waals surface area (Å²) < 4.78 is 5.45. The van der Waals surface area contributed by atoms with Crippen molar-refractivity contribution in [1.29, 1.82) is 0 Å². The van der Waals surface area contributed by atoms with Crippen LogP contribution in [0.3, 0.4) is 0 Å². The summed E-state index contributed by atoms with van der Waals surface area (Å²) in [6, 6.07) is 6.27. The lowest BCUT2D eigenvalue weighted by atomic mass is 10.0. The van der Waals surface area contributed by atoms with Crippen molar-refractivity contribution in [1.82, 2.24) is 10.2 Å². The molecule has 3 heteroatoms. The van der Waals surface area contributed by atoms with Gasteiger partial charge in [-0.2, -0.15) is 5.10 Å². The van der Waals surface area contributed by atoms with Gasteiger partial charge in [-0.25, -0.2) is 0 Å². The van der Waals surface area contributed by atoms with E-state index in [9.17, 15) is 0 Å². The molecule has 3 nitrogen and oxygen atoms in total. The van der Waals surface area contributed by atoms with E-state index in [4.69, 9.17) is 4.74 Å². The second-order valence-corrected chi connectivity index (χ2v) is 3.41. The standard InChI is InChI=1S/C11H10N2O/c1-2-11-9(3-4-14-11)5-8(1)10-6-12-13-7-10/h1-2,5-7H,3-4H2,(H,12,13). The van der Waals surface area contributed by atoms with Gasteiger partial charge in [-0.3, -0.25) is 5.10 Å². The summed E-state index contributed by atoms with van der Waals surface area (Å²) in [7, 11) is 0. The zero-order valence-corrected chi connectivity index (χ0v) is 7.66. The summed E-state index contributed by atoms with van der Waals surface area (Å²) in [6.45, 7) is 0.810. The Bertz CT molecular complexity index is 448. The van der Waals surface area contributed by atoms with Crippen LogP contribution in [-0.2, 0) is 6.42 Å². The van der Waals surface area contributed by atoms with E-state index in [1.807, 2.05) is 18.5 Å². The molecular weight excluding hydrogens is 176 g/mol. The van der Waals surface area contributed by atoms with E-state index in [-0.39, 0.29) is 0 Å². The average molecular weight is 186 g/mol. The van der Waals surface area contributed by atoms with Crippen molar-refractivity contribution in [2.45, 2.75) is 6.42 Å². The summed E-state index contributed by atoms with van der Waals surface area (Å²) in [5, 5.41) is 6.75. The minimum atomic E-state index is 0.810. The maximum Gasteiger partial charge on any atom is 0.122 e. The highest BCUT2D eigenvalue weighted by Crippen LogP contribution is 2.29. The Morgan fingerprint density at radius 2 is 2.29 bits per heavy atom. The number of nitrogens with zero attached hydrogens (tertiary/aromatic N) is 1. The molecular formula is C11H10N2O. The summed E-state index contributed by atoms with van der Waals surface area (Å²) >= 11 is 0. The lowest BCUT2D eigenvalue weighted by Gasteiger charge is -2.01. The molecule has 0 radical (unpaired) electrons. The molecule has 14 heavy (non-hydrogen) atoms. The van der Waals surface area contributed by atoms with Gasteiger partial charge in [0.1, 0.15) is 5.75 Å². The maximum absolute atomic E-state index is 5.45. The van der Waals surface area contributed by atoms with Gasteiger partial charge in [-0.05, 0) is 23.3 Å². The molecule has 0 saturated carbocycles. The smallest absolute Gasteiger partial charge is 0.122 e. The van der Waals surface area contributed by atoms with Crippen LogP contribution in [0.15, 0.2) is 30.6 Å². The van der Waals surface area contributed by atoms with Gasteiger partial charge in [0.2, 0.25) is 0 Å². The molecule has 0 amide bonds. The van der Waals surface area contributed by atoms with Crippen LogP contribution in [0.1, 0.15) is 5.56 Å². The molecule has 1 aliphatic heterocycles. The first-order valence-corrected chi connectivity index (χ1v) is 4.68. The van der Waals surface area contributed by atoms with Gasteiger partial charge in [-0.15, -0.1) is 0 Å². The zero-order valence-electron chi connectivity index (χ0n) is 7.66. The fraction of sp³-hybridized carbons (Fsp3) is 0.182. The van der Waals surface area contributed by atoms with Gasteiger partial charge in [0.05, 0.1) is 12.8 Å². The van der Waals surface area contributed by atoms with Crippen LogP contribution in [-0.4, -0.2) is 16.8 Å². The monoisotopic (exact) mass is 186 g/mol. The van der Waals surface area contributed by atoms with Crippen LogP contribution in [0.5, 0.6) is 5.75 Å². The molecule has 0 bridgehead atoms. The number of aromatic nitrogens is 2. The zero-order chi connectivity index (χ0) is 9.38. The molecule has 2 aromatic rings. The average Bonchev–Trinajstić information content (AvgIpc) is 2.88. The predicted molar refractivity (Wildman–Crippen MR) is 53.2 cm³/mol. The number of fused-ring (bicyclic) bond motifs is 1. The third kappa shape index (κ3) is 1.09. The highest BCUT2D eigenvalue weighted by Gasteiger charge is 2.12. The van der Waals surface area contributed by atoms with Gasteiger partial charge in [-0.1, -0.05) is 6.07 Å². The number of hydrogen-bond donors (Lipinski definition) is 1. The molecule has 0 atom stereocenters. The fourth-order valence-electron chi connectivity index (χ4n) is 1.77. The Morgan fingerprint density at radius 1 is 1.29 bits per heavy atom. The second kappa shape index (κ2) is 2.87. The van der Waals surface area contributed by atoms with E-state index in [1.165, 1.54) is 11.1 Å². The number of H-pyrrole nitrogens is 1. The lowest BCUT2D eigenvalue weighted by molar-refractivity contribution is 0.357. The number of aromatic amines is 1. The minimum Gasteiger partial charge on any atom is -0.493 e. The van der Waals surface area contributed by atoms with Crippen LogP contribution in [0, 0.1) is 0 Å². The number of rotatable bonds is 1. The van der Waals surface area contributed by atoms with Crippen LogP contribution in [0.25, 0.3) is 11.1 Å². The van der Waals surface area contributed by atoms with Crippen molar-refractivity contribution in [3.8, 4) is 16.9 Å². The Balaban J connectivity index is 2.09. The molecule has 1 N–H and O–H groups in total. The minimum absolute atomic E-state index is 0.810. The SMILES string of the molecule is c1cc2c(cc1-c1cn[nH]c1)CCO2. The third-order valence-electron chi connectivity index (χ3n) is 2.52. The summed E-state index contributed by atoms with van der Waals surface area (Å²) in [4.78, 5) is 0. The Morgan fingerprint density at radius 3 is 3.14 bits per heavy atom. The fourth-order valence-corrected chi connectivity index (χ4v) is 1.77. The van der Waals surface area contributed by atoms with E-state index in [0.717, 1.165) is 24.3 Å². The first-order valence-electron chi connectivity index (χ1n) is 4.68. The van der Waals surface area contributed by atoms with E-state index >= 15 is 0 Å². The molecule has 1 aliphatic rings. The van der Waals surface area contributed by atoms with Crippen LogP contribution < -0.4 is 4.74 Å². The van der Waals surface area contributed by atoms with E-state index in [2.05, 4.69) is 22.3 Å². The van der Waals surface area contributed by atoms with Gasteiger partial charge in [0, 0.05) is 18.2 Å². The third-order valence-corrected chi connectivity index (χ3v) is 2.52. The van der Waals surface area contributed by atoms with Crippen molar-refractivity contribution >= 4 is 0 Å². The summed E-state index contributed by atoms with van der Waals surface area (Å²) in [5.74, 6) is 1.03. The molecule has 70 valence electrons. The number of benzene rings is 1. The molecule has 0 spiro atoms. The second-order valence-electron chi connectivity index (χ2n) is 3.41. The summed E-state index contributed by atoms with van der Waals surface area (Å²) in [5.41, 5.74) is 3.62. The van der Waals surface area contributed by atoms with E-state index in [1.54, 1.807) is 0 Å². The molecule has 0 saturated heterocycles. The van der Waals surface area contributed by atoms with Gasteiger partial charge >= 0.3 is 0 Å². The van der Waals surface area contributed by atoms with Gasteiger partial charge in [0.25, 0.3) is 0 Å². The molecule has 0 unspecified atom stereocenters. The Hall–Kier alpha value is -1.77. The molecule has 0 fully saturated rings. The van der Waals surface area contributed by atoms with Crippen LogP contribution >= 0.6 is 0 Å². The van der Waals surface area contributed by atoms with Crippen LogP contribution in [0.2, 0.25) is 0 Å². The number of hydrogen-bond acceptors (Lipinski definition) is 2. The van der Waals surface area contributed by atoms with Crippen molar-refractivity contribution in [3.05, 3.63) is 36.2 Å². The van der Waals surface area contributed by atoms with E-state index < -0.39 is 0 Å². The van der Waals surface area contributed by atoms with Gasteiger partial charge in [0.15, 0.2) is 0 Å². The highest BCUT2D eigenvalue weighted by molar-refractivity contribution is 5.64. The Labute approximate surface area is 81.7 Å². The topological polar surface area (TPSA) is 37.9 Å². The van der Waals surface area contributed by atoms with Crippen LogP contribution in [0.4, 0.5) is 0 Å². The van der Waals surface area contributed by atoms with E-state index in [0.29, 0.717) is 0 Å². The predicted octanol–water partition coefficient (Wildman–Crippen LogP) is 2.01. The normalized spacial score (nSPS) is 13.7. The van der Waals surface area contributed by atoms with Crippen molar-refractivity contribution in [2.24, 2.45) is 0 Å². The molecule has 2 heterocycles. The maximum atomic E-state index is 5.45. The molecule has 1 aromatic heterocycles. The quantitative estimate of drug-likeness (QED) is 0.739. The first kappa shape index (κ1) is 7.62. The van der Waals surface area contributed by atoms with Crippen molar-refractivity contribution in [2.75, 3.05) is 6.61 Å². The highest BCUT2D eigenvalue weighted by atomic mass is 16.5. The number of ether oxygens (including phenoxy) is 1. The molecule has 3 rings (SSSR count). The van der Waals surface area contributed by atoms with Gasteiger partial charge < -0.3 is 4.74 Å². The van der Waals surface area contributed by atoms with Crippen molar-refractivity contribution in [3.63, 3.8) is 0 Å². The lowest BCUT2D eigenvalue weighted by Crippen LogP contribution is -1.85. The number of nitrogens with one attached hydrogen (secondary N) is 1. The Kier molecular flexibility index (Phi) is 1.56. The summed E-state index contributed by atoms with van der Waals surface area (Å²) in [6.07, 6.45) is 4.75. The largest absolute Gasteiger partial charge is 0.493 e. The first-order chi connectivity index (χ1) is 6.93. The van der Waals surface area contributed by atoms with Crippen molar-refractivity contribution < 1.29 is 4.74 Å².